The Labute approximate surface area is 92.7 Å². The summed E-state index contributed by atoms with van der Waals surface area (Å²) in [6.07, 6.45) is 0. The Morgan fingerprint density at radius 2 is 2.00 bits per heavy atom. The van der Waals surface area contributed by atoms with Gasteiger partial charge in [-0.25, -0.2) is 4.68 Å². The molecule has 1 aromatic carbocycles. The average Bonchev–Trinajstić information content (AvgIpc) is 2.49. The fourth-order valence-corrected chi connectivity index (χ4v) is 1.48. The quantitative estimate of drug-likeness (QED) is 0.844. The number of hydrogen-bond acceptors (Lipinski definition) is 3. The topological polar surface area (TPSA) is 56.7 Å². The number of rotatable bonds is 2. The highest BCUT2D eigenvalue weighted by Crippen LogP contribution is 2.11. The van der Waals surface area contributed by atoms with E-state index in [-0.39, 0.29) is 0 Å². The lowest BCUT2D eigenvalue weighted by Crippen LogP contribution is -2.06. The lowest BCUT2D eigenvalue weighted by atomic mass is 10.2. The Hall–Kier alpha value is -1.55. The summed E-state index contributed by atoms with van der Waals surface area (Å²) in [5, 5.41) is 4.90. The molecule has 1 heterocycles. The molecule has 0 aliphatic carbocycles. The molecule has 1 aromatic heterocycles. The van der Waals surface area contributed by atoms with E-state index in [2.05, 4.69) is 10.1 Å². The number of aryl methyl sites for hydroxylation is 1. The first-order valence-corrected chi connectivity index (χ1v) is 4.94. The standard InChI is InChI=1S/C10H11ClN4/c1-7-13-10(12)15(14-7)6-8-2-4-9(11)5-3-8/h2-5H,6H2,1H3,(H2,12,13,14). The maximum absolute atomic E-state index is 5.79. The van der Waals surface area contributed by atoms with Crippen LogP contribution in [0.4, 0.5) is 5.95 Å². The van der Waals surface area contributed by atoms with Crippen molar-refractivity contribution in [3.63, 3.8) is 0 Å². The largest absolute Gasteiger partial charge is 0.368 e. The van der Waals surface area contributed by atoms with Crippen LogP contribution in [0.1, 0.15) is 11.4 Å². The molecule has 78 valence electrons. The third-order valence-electron chi connectivity index (χ3n) is 2.05. The number of anilines is 1. The number of aromatic nitrogens is 3. The van der Waals surface area contributed by atoms with Crippen LogP contribution in [-0.2, 0) is 6.54 Å². The number of hydrogen-bond donors (Lipinski definition) is 1. The Balaban J connectivity index is 2.21. The van der Waals surface area contributed by atoms with Crippen molar-refractivity contribution >= 4 is 17.5 Å². The fourth-order valence-electron chi connectivity index (χ4n) is 1.35. The summed E-state index contributed by atoms with van der Waals surface area (Å²) in [7, 11) is 0. The number of benzene rings is 1. The summed E-state index contributed by atoms with van der Waals surface area (Å²) in [5.41, 5.74) is 6.78. The van der Waals surface area contributed by atoms with Gasteiger partial charge in [0.25, 0.3) is 0 Å². The van der Waals surface area contributed by atoms with Gasteiger partial charge in [0, 0.05) is 5.02 Å². The highest BCUT2D eigenvalue weighted by Gasteiger charge is 2.03. The number of nitrogens with zero attached hydrogens (tertiary/aromatic N) is 3. The smallest absolute Gasteiger partial charge is 0.219 e. The van der Waals surface area contributed by atoms with Crippen LogP contribution in [0, 0.1) is 6.92 Å². The van der Waals surface area contributed by atoms with Gasteiger partial charge in [-0.1, -0.05) is 23.7 Å². The first-order valence-electron chi connectivity index (χ1n) is 4.56. The number of nitrogens with two attached hydrogens (primary N) is 1. The van der Waals surface area contributed by atoms with Crippen LogP contribution >= 0.6 is 11.6 Å². The van der Waals surface area contributed by atoms with Crippen LogP contribution in [0.25, 0.3) is 0 Å². The summed E-state index contributed by atoms with van der Waals surface area (Å²) in [5.74, 6) is 1.11. The predicted molar refractivity (Wildman–Crippen MR) is 59.7 cm³/mol. The second kappa shape index (κ2) is 3.90. The highest BCUT2D eigenvalue weighted by atomic mass is 35.5. The fraction of sp³-hybridized carbons (Fsp3) is 0.200. The van der Waals surface area contributed by atoms with E-state index in [9.17, 15) is 0 Å². The van der Waals surface area contributed by atoms with Crippen molar-refractivity contribution in [3.05, 3.63) is 40.7 Å². The van der Waals surface area contributed by atoms with E-state index in [0.717, 1.165) is 10.6 Å². The van der Waals surface area contributed by atoms with Gasteiger partial charge in [0.15, 0.2) is 0 Å². The van der Waals surface area contributed by atoms with Crippen LogP contribution in [0.2, 0.25) is 5.02 Å². The second-order valence-electron chi connectivity index (χ2n) is 3.30. The van der Waals surface area contributed by atoms with E-state index in [1.54, 1.807) is 4.68 Å². The molecule has 0 saturated heterocycles. The zero-order valence-corrected chi connectivity index (χ0v) is 9.07. The Morgan fingerprint density at radius 1 is 1.33 bits per heavy atom. The maximum Gasteiger partial charge on any atom is 0.219 e. The van der Waals surface area contributed by atoms with Crippen LogP contribution in [-0.4, -0.2) is 14.8 Å². The summed E-state index contributed by atoms with van der Waals surface area (Å²) in [6, 6.07) is 7.57. The lowest BCUT2D eigenvalue weighted by molar-refractivity contribution is 0.689. The minimum absolute atomic E-state index is 0.433. The molecule has 0 atom stereocenters. The van der Waals surface area contributed by atoms with E-state index >= 15 is 0 Å². The van der Waals surface area contributed by atoms with E-state index < -0.39 is 0 Å². The average molecular weight is 223 g/mol. The first kappa shape index (κ1) is 9.98. The molecule has 5 heteroatoms. The van der Waals surface area contributed by atoms with Gasteiger partial charge in [0.1, 0.15) is 5.82 Å². The van der Waals surface area contributed by atoms with Crippen molar-refractivity contribution < 1.29 is 0 Å². The second-order valence-corrected chi connectivity index (χ2v) is 3.74. The summed E-state index contributed by atoms with van der Waals surface area (Å²) in [6.45, 7) is 2.43. The van der Waals surface area contributed by atoms with Gasteiger partial charge in [-0.2, -0.15) is 10.1 Å². The van der Waals surface area contributed by atoms with E-state index in [1.165, 1.54) is 0 Å². The molecule has 0 amide bonds. The Morgan fingerprint density at radius 3 is 2.53 bits per heavy atom. The molecular weight excluding hydrogens is 212 g/mol. The van der Waals surface area contributed by atoms with Crippen LogP contribution in [0.5, 0.6) is 0 Å². The van der Waals surface area contributed by atoms with Gasteiger partial charge >= 0.3 is 0 Å². The summed E-state index contributed by atoms with van der Waals surface area (Å²) >= 11 is 5.79. The van der Waals surface area contributed by atoms with Crippen LogP contribution in [0.15, 0.2) is 24.3 Å². The molecule has 0 aliphatic heterocycles. The van der Waals surface area contributed by atoms with Gasteiger partial charge in [-0.3, -0.25) is 0 Å². The third kappa shape index (κ3) is 2.27. The van der Waals surface area contributed by atoms with Crippen molar-refractivity contribution in [3.8, 4) is 0 Å². The van der Waals surface area contributed by atoms with Crippen molar-refractivity contribution in [1.29, 1.82) is 0 Å². The van der Waals surface area contributed by atoms with E-state index in [1.807, 2.05) is 31.2 Å². The SMILES string of the molecule is Cc1nc(N)n(Cc2ccc(Cl)cc2)n1. The molecule has 0 radical (unpaired) electrons. The third-order valence-corrected chi connectivity index (χ3v) is 2.30. The van der Waals surface area contributed by atoms with Gasteiger partial charge in [0.05, 0.1) is 6.54 Å². The monoisotopic (exact) mass is 222 g/mol. The highest BCUT2D eigenvalue weighted by molar-refractivity contribution is 6.30. The molecule has 15 heavy (non-hydrogen) atoms. The maximum atomic E-state index is 5.79. The molecule has 4 nitrogen and oxygen atoms in total. The van der Waals surface area contributed by atoms with Crippen molar-refractivity contribution in [2.75, 3.05) is 5.73 Å². The molecule has 0 unspecified atom stereocenters. The number of nitrogen functional groups attached to an aromatic ring is 1. The van der Waals surface area contributed by atoms with Crippen molar-refractivity contribution in [2.24, 2.45) is 0 Å². The molecule has 0 aliphatic rings. The predicted octanol–water partition coefficient (Wildman–Crippen LogP) is 1.87. The molecule has 2 aromatic rings. The molecule has 0 fully saturated rings. The van der Waals surface area contributed by atoms with Crippen molar-refractivity contribution in [2.45, 2.75) is 13.5 Å². The minimum Gasteiger partial charge on any atom is -0.368 e. The summed E-state index contributed by atoms with van der Waals surface area (Å²) in [4.78, 5) is 4.03. The molecule has 2 N–H and O–H groups in total. The molecular formula is C10H11ClN4. The van der Waals surface area contributed by atoms with Crippen LogP contribution < -0.4 is 5.73 Å². The zero-order chi connectivity index (χ0) is 10.8. The van der Waals surface area contributed by atoms with E-state index in [4.69, 9.17) is 17.3 Å². The van der Waals surface area contributed by atoms with Gasteiger partial charge < -0.3 is 5.73 Å². The van der Waals surface area contributed by atoms with Gasteiger partial charge in [-0.05, 0) is 24.6 Å². The number of halogens is 1. The molecule has 2 rings (SSSR count). The summed E-state index contributed by atoms with van der Waals surface area (Å²) < 4.78 is 1.67. The van der Waals surface area contributed by atoms with Crippen LogP contribution in [0.3, 0.4) is 0 Å². The first-order chi connectivity index (χ1) is 7.15. The normalized spacial score (nSPS) is 10.5. The molecule has 0 saturated carbocycles. The van der Waals surface area contributed by atoms with Gasteiger partial charge in [0.2, 0.25) is 5.95 Å². The lowest BCUT2D eigenvalue weighted by Gasteiger charge is -2.02. The minimum atomic E-state index is 0.433. The Kier molecular flexibility index (Phi) is 2.60. The molecule has 0 bridgehead atoms. The molecule has 0 spiro atoms. The van der Waals surface area contributed by atoms with E-state index in [0.29, 0.717) is 18.3 Å². The van der Waals surface area contributed by atoms with Crippen molar-refractivity contribution in [1.82, 2.24) is 14.8 Å². The van der Waals surface area contributed by atoms with Gasteiger partial charge in [-0.15, -0.1) is 0 Å². The Bertz CT molecular complexity index is 461. The zero-order valence-electron chi connectivity index (χ0n) is 8.31.